The molecule has 0 aliphatic heterocycles. The molecular formula is C24H29N3O4. The first-order chi connectivity index (χ1) is 14.9. The second kappa shape index (κ2) is 10.1. The summed E-state index contributed by atoms with van der Waals surface area (Å²) < 4.78 is 17.6. The maximum Gasteiger partial charge on any atom is 0.319 e. The quantitative estimate of drug-likeness (QED) is 0.489. The first-order valence-electron chi connectivity index (χ1n) is 10.1. The fourth-order valence-corrected chi connectivity index (χ4v) is 3.52. The second-order valence-corrected chi connectivity index (χ2v) is 7.45. The zero-order chi connectivity index (χ0) is 22.4. The monoisotopic (exact) mass is 423 g/mol. The SMILES string of the molecule is COC(=O)CN(Cc1ccc(-n2nc(C)cc2C)cc1)Cc1cc(OC)cc(OC)c1. The highest BCUT2D eigenvalue weighted by Gasteiger charge is 2.14. The third-order valence-corrected chi connectivity index (χ3v) is 4.99. The molecule has 3 aromatic rings. The van der Waals surface area contributed by atoms with Crippen LogP contribution in [0, 0.1) is 13.8 Å². The van der Waals surface area contributed by atoms with Gasteiger partial charge in [-0.05, 0) is 55.3 Å². The molecule has 7 heteroatoms. The Morgan fingerprint density at radius 1 is 0.903 bits per heavy atom. The Labute approximate surface area is 183 Å². The predicted molar refractivity (Wildman–Crippen MR) is 119 cm³/mol. The highest BCUT2D eigenvalue weighted by Crippen LogP contribution is 2.24. The van der Waals surface area contributed by atoms with Crippen LogP contribution in [-0.4, -0.2) is 48.5 Å². The Hall–Kier alpha value is -3.32. The van der Waals surface area contributed by atoms with Gasteiger partial charge in [0.15, 0.2) is 0 Å². The van der Waals surface area contributed by atoms with Gasteiger partial charge in [0, 0.05) is 24.8 Å². The van der Waals surface area contributed by atoms with Crippen molar-refractivity contribution in [3.05, 3.63) is 71.0 Å². The smallest absolute Gasteiger partial charge is 0.319 e. The molecule has 0 fully saturated rings. The van der Waals surface area contributed by atoms with Crippen LogP contribution in [0.15, 0.2) is 48.5 Å². The average Bonchev–Trinajstić information content (AvgIpc) is 3.11. The van der Waals surface area contributed by atoms with Crippen LogP contribution in [-0.2, 0) is 22.6 Å². The minimum absolute atomic E-state index is 0.176. The summed E-state index contributed by atoms with van der Waals surface area (Å²) in [6, 6.07) is 16.0. The Morgan fingerprint density at radius 2 is 1.52 bits per heavy atom. The first kappa shape index (κ1) is 22.4. The van der Waals surface area contributed by atoms with Crippen LogP contribution < -0.4 is 9.47 Å². The molecule has 0 radical (unpaired) electrons. The maximum absolute atomic E-state index is 12.0. The molecule has 7 nitrogen and oxygen atoms in total. The van der Waals surface area contributed by atoms with Crippen molar-refractivity contribution in [2.45, 2.75) is 26.9 Å². The van der Waals surface area contributed by atoms with Crippen LogP contribution in [0.1, 0.15) is 22.5 Å². The van der Waals surface area contributed by atoms with Crippen molar-refractivity contribution in [2.24, 2.45) is 0 Å². The highest BCUT2D eigenvalue weighted by atomic mass is 16.5. The van der Waals surface area contributed by atoms with E-state index in [-0.39, 0.29) is 12.5 Å². The van der Waals surface area contributed by atoms with Gasteiger partial charge in [0.2, 0.25) is 0 Å². The molecule has 2 aromatic carbocycles. The van der Waals surface area contributed by atoms with Crippen LogP contribution in [0.5, 0.6) is 11.5 Å². The van der Waals surface area contributed by atoms with E-state index in [0.29, 0.717) is 24.6 Å². The topological polar surface area (TPSA) is 65.8 Å². The van der Waals surface area contributed by atoms with E-state index < -0.39 is 0 Å². The van der Waals surface area contributed by atoms with E-state index >= 15 is 0 Å². The molecule has 3 rings (SSSR count). The van der Waals surface area contributed by atoms with Gasteiger partial charge in [-0.25, -0.2) is 4.68 Å². The number of aromatic nitrogens is 2. The van der Waals surface area contributed by atoms with Crippen molar-refractivity contribution in [1.82, 2.24) is 14.7 Å². The third-order valence-electron chi connectivity index (χ3n) is 4.99. The molecule has 0 saturated carbocycles. The van der Waals surface area contributed by atoms with E-state index in [9.17, 15) is 4.79 Å². The molecule has 0 bridgehead atoms. The molecule has 0 unspecified atom stereocenters. The molecule has 164 valence electrons. The van der Waals surface area contributed by atoms with E-state index in [1.165, 1.54) is 7.11 Å². The number of aryl methyl sites for hydroxylation is 2. The molecule has 0 aliphatic rings. The van der Waals surface area contributed by atoms with Crippen LogP contribution in [0.2, 0.25) is 0 Å². The molecule has 1 heterocycles. The number of hydrogen-bond donors (Lipinski definition) is 0. The molecule has 31 heavy (non-hydrogen) atoms. The standard InChI is InChI=1S/C24H29N3O4/c1-17-10-18(2)27(25-17)21-8-6-19(7-9-21)14-26(16-24(28)31-5)15-20-11-22(29-3)13-23(12-20)30-4/h6-13H,14-16H2,1-5H3. The number of hydrogen-bond acceptors (Lipinski definition) is 6. The number of rotatable bonds is 9. The van der Waals surface area contributed by atoms with E-state index in [1.54, 1.807) is 14.2 Å². The Kier molecular flexibility index (Phi) is 7.31. The van der Waals surface area contributed by atoms with Gasteiger partial charge in [-0.3, -0.25) is 9.69 Å². The van der Waals surface area contributed by atoms with Gasteiger partial charge in [0.05, 0.1) is 39.3 Å². The highest BCUT2D eigenvalue weighted by molar-refractivity contribution is 5.71. The average molecular weight is 424 g/mol. The molecule has 0 saturated heterocycles. The van der Waals surface area contributed by atoms with Gasteiger partial charge in [0.1, 0.15) is 11.5 Å². The van der Waals surface area contributed by atoms with E-state index in [0.717, 1.165) is 28.2 Å². The Bertz CT molecular complexity index is 1010. The number of ether oxygens (including phenoxy) is 3. The zero-order valence-corrected chi connectivity index (χ0v) is 18.7. The molecule has 1 aromatic heterocycles. The van der Waals surface area contributed by atoms with Crippen LogP contribution in [0.25, 0.3) is 5.69 Å². The second-order valence-electron chi connectivity index (χ2n) is 7.45. The Morgan fingerprint density at radius 3 is 2.03 bits per heavy atom. The van der Waals surface area contributed by atoms with Crippen LogP contribution in [0.3, 0.4) is 0 Å². The lowest BCUT2D eigenvalue weighted by Gasteiger charge is -2.22. The normalized spacial score (nSPS) is 10.9. The van der Waals surface area contributed by atoms with E-state index in [1.807, 2.05) is 53.8 Å². The van der Waals surface area contributed by atoms with Crippen molar-refractivity contribution < 1.29 is 19.0 Å². The van der Waals surface area contributed by atoms with Crippen molar-refractivity contribution in [2.75, 3.05) is 27.9 Å². The number of nitrogens with zero attached hydrogens (tertiary/aromatic N) is 3. The summed E-state index contributed by atoms with van der Waals surface area (Å²) in [6.45, 7) is 5.33. The van der Waals surface area contributed by atoms with Crippen molar-refractivity contribution in [3.63, 3.8) is 0 Å². The first-order valence-corrected chi connectivity index (χ1v) is 10.1. The number of carbonyl (C=O) groups excluding carboxylic acids is 1. The summed E-state index contributed by atoms with van der Waals surface area (Å²) in [4.78, 5) is 14.0. The van der Waals surface area contributed by atoms with E-state index in [2.05, 4.69) is 23.3 Å². The fourth-order valence-electron chi connectivity index (χ4n) is 3.52. The lowest BCUT2D eigenvalue weighted by molar-refractivity contribution is -0.142. The summed E-state index contributed by atoms with van der Waals surface area (Å²) in [7, 11) is 4.64. The minimum Gasteiger partial charge on any atom is -0.497 e. The molecule has 0 aliphatic carbocycles. The van der Waals surface area contributed by atoms with Crippen molar-refractivity contribution in [1.29, 1.82) is 0 Å². The van der Waals surface area contributed by atoms with Gasteiger partial charge in [-0.15, -0.1) is 0 Å². The largest absolute Gasteiger partial charge is 0.497 e. The molecule has 0 N–H and O–H groups in total. The van der Waals surface area contributed by atoms with Crippen molar-refractivity contribution >= 4 is 5.97 Å². The Balaban J connectivity index is 1.79. The van der Waals surface area contributed by atoms with Gasteiger partial charge in [0.25, 0.3) is 0 Å². The van der Waals surface area contributed by atoms with Gasteiger partial charge < -0.3 is 14.2 Å². The number of methoxy groups -OCH3 is 3. The summed E-state index contributed by atoms with van der Waals surface area (Å²) in [5.74, 6) is 1.14. The lowest BCUT2D eigenvalue weighted by atomic mass is 10.1. The fraction of sp³-hybridized carbons (Fsp3) is 0.333. The van der Waals surface area contributed by atoms with Gasteiger partial charge in [-0.2, -0.15) is 5.10 Å². The van der Waals surface area contributed by atoms with Crippen LogP contribution in [0.4, 0.5) is 0 Å². The number of benzene rings is 2. The summed E-state index contributed by atoms with van der Waals surface area (Å²) in [5, 5.41) is 4.53. The zero-order valence-electron chi connectivity index (χ0n) is 18.7. The lowest BCUT2D eigenvalue weighted by Crippen LogP contribution is -2.29. The minimum atomic E-state index is -0.283. The summed E-state index contributed by atoms with van der Waals surface area (Å²) in [5.41, 5.74) is 5.15. The van der Waals surface area contributed by atoms with Crippen LogP contribution >= 0.6 is 0 Å². The van der Waals surface area contributed by atoms with Gasteiger partial charge in [-0.1, -0.05) is 12.1 Å². The summed E-state index contributed by atoms with van der Waals surface area (Å²) >= 11 is 0. The predicted octanol–water partition coefficient (Wildman–Crippen LogP) is 3.68. The number of esters is 1. The molecule has 0 spiro atoms. The summed E-state index contributed by atoms with van der Waals surface area (Å²) in [6.07, 6.45) is 0. The molecule has 0 amide bonds. The molecule has 0 atom stereocenters. The number of carbonyl (C=O) groups is 1. The maximum atomic E-state index is 12.0. The van der Waals surface area contributed by atoms with Crippen molar-refractivity contribution in [3.8, 4) is 17.2 Å². The molecular weight excluding hydrogens is 394 g/mol. The van der Waals surface area contributed by atoms with Gasteiger partial charge >= 0.3 is 5.97 Å². The third kappa shape index (κ3) is 5.86. The van der Waals surface area contributed by atoms with E-state index in [4.69, 9.17) is 14.2 Å².